The van der Waals surface area contributed by atoms with Crippen LogP contribution in [0.25, 0.3) is 0 Å². The molecule has 2 amide bonds. The number of nitrogens with zero attached hydrogens (tertiary/aromatic N) is 2. The zero-order valence-electron chi connectivity index (χ0n) is 12.9. The number of carbonyl (C=O) groups excluding carboxylic acids is 1. The zero-order chi connectivity index (χ0) is 15.1. The molecule has 5 heteroatoms. The predicted molar refractivity (Wildman–Crippen MR) is 84.8 cm³/mol. The Morgan fingerprint density at radius 1 is 1.20 bits per heavy atom. The van der Waals surface area contributed by atoms with Crippen molar-refractivity contribution in [3.8, 4) is 0 Å². The summed E-state index contributed by atoms with van der Waals surface area (Å²) < 4.78 is 0. The number of carbonyl (C=O) groups is 1. The number of nitrogens with two attached hydrogens (primary N) is 1. The van der Waals surface area contributed by atoms with Crippen LogP contribution < -0.4 is 11.1 Å². The van der Waals surface area contributed by atoms with Gasteiger partial charge in [-0.05, 0) is 44.3 Å². The molecule has 20 heavy (non-hydrogen) atoms. The van der Waals surface area contributed by atoms with Crippen molar-refractivity contribution in [1.29, 1.82) is 0 Å². The maximum Gasteiger partial charge on any atom is 0.321 e. The lowest BCUT2D eigenvalue weighted by Crippen LogP contribution is -2.41. The predicted octanol–water partition coefficient (Wildman–Crippen LogP) is 2.32. The number of likely N-dealkylation sites (N-methyl/N-ethyl adjacent to an activating group) is 1. The fourth-order valence-corrected chi connectivity index (χ4v) is 1.81. The van der Waals surface area contributed by atoms with E-state index < -0.39 is 0 Å². The smallest absolute Gasteiger partial charge is 0.321 e. The van der Waals surface area contributed by atoms with E-state index in [9.17, 15) is 4.79 Å². The summed E-state index contributed by atoms with van der Waals surface area (Å²) in [5, 5.41) is 2.91. The van der Waals surface area contributed by atoms with E-state index in [2.05, 4.69) is 24.1 Å². The first-order valence-electron chi connectivity index (χ1n) is 6.94. The largest absolute Gasteiger partial charge is 0.399 e. The summed E-state index contributed by atoms with van der Waals surface area (Å²) in [5.41, 5.74) is 7.09. The molecule has 0 radical (unpaired) electrons. The van der Waals surface area contributed by atoms with Gasteiger partial charge in [0.05, 0.1) is 0 Å². The van der Waals surface area contributed by atoms with Crippen LogP contribution in [0.5, 0.6) is 0 Å². The molecule has 0 bridgehead atoms. The molecule has 1 aromatic carbocycles. The summed E-state index contributed by atoms with van der Waals surface area (Å²) in [6.07, 6.45) is 0. The monoisotopic (exact) mass is 278 g/mol. The molecule has 0 atom stereocenters. The summed E-state index contributed by atoms with van der Waals surface area (Å²) in [6.45, 7) is 6.53. The van der Waals surface area contributed by atoms with Gasteiger partial charge in [0.2, 0.25) is 0 Å². The Morgan fingerprint density at radius 3 is 2.30 bits per heavy atom. The summed E-state index contributed by atoms with van der Waals surface area (Å²) in [5.74, 6) is 0.439. The van der Waals surface area contributed by atoms with E-state index in [4.69, 9.17) is 5.73 Å². The molecule has 0 aliphatic carbocycles. The first kappa shape index (κ1) is 16.3. The minimum atomic E-state index is -0.0645. The number of nitrogen functional groups attached to an aromatic ring is 1. The maximum atomic E-state index is 12.3. The molecule has 0 aromatic heterocycles. The highest BCUT2D eigenvalue weighted by Gasteiger charge is 2.15. The number of nitrogens with one attached hydrogen (secondary N) is 1. The van der Waals surface area contributed by atoms with Gasteiger partial charge < -0.3 is 20.9 Å². The second kappa shape index (κ2) is 7.75. The Labute approximate surface area is 121 Å². The highest BCUT2D eigenvalue weighted by molar-refractivity contribution is 5.89. The van der Waals surface area contributed by atoms with Gasteiger partial charge in [0.25, 0.3) is 0 Å². The van der Waals surface area contributed by atoms with Crippen molar-refractivity contribution in [1.82, 2.24) is 9.80 Å². The van der Waals surface area contributed by atoms with Gasteiger partial charge in [0.1, 0.15) is 0 Å². The fourth-order valence-electron chi connectivity index (χ4n) is 1.81. The van der Waals surface area contributed by atoms with E-state index in [1.807, 2.05) is 31.1 Å². The highest BCUT2D eigenvalue weighted by atomic mass is 16.2. The van der Waals surface area contributed by atoms with E-state index in [0.29, 0.717) is 18.2 Å². The van der Waals surface area contributed by atoms with Crippen molar-refractivity contribution >= 4 is 17.4 Å². The minimum Gasteiger partial charge on any atom is -0.399 e. The summed E-state index contributed by atoms with van der Waals surface area (Å²) in [6, 6.07) is 7.12. The third kappa shape index (κ3) is 5.93. The van der Waals surface area contributed by atoms with Gasteiger partial charge in [-0.25, -0.2) is 4.79 Å². The van der Waals surface area contributed by atoms with Crippen molar-refractivity contribution in [2.45, 2.75) is 13.8 Å². The van der Waals surface area contributed by atoms with Crippen LogP contribution in [-0.4, -0.2) is 49.6 Å². The zero-order valence-corrected chi connectivity index (χ0v) is 12.9. The maximum absolute atomic E-state index is 12.3. The highest BCUT2D eigenvalue weighted by Crippen LogP contribution is 2.12. The molecule has 3 N–H and O–H groups in total. The Kier molecular flexibility index (Phi) is 6.31. The van der Waals surface area contributed by atoms with E-state index >= 15 is 0 Å². The van der Waals surface area contributed by atoms with Crippen LogP contribution in [0.2, 0.25) is 0 Å². The normalized spacial score (nSPS) is 10.9. The topological polar surface area (TPSA) is 61.6 Å². The third-order valence-electron chi connectivity index (χ3n) is 2.85. The lowest BCUT2D eigenvalue weighted by atomic mass is 10.2. The second-order valence-corrected chi connectivity index (χ2v) is 5.70. The van der Waals surface area contributed by atoms with Gasteiger partial charge in [-0.3, -0.25) is 0 Å². The van der Waals surface area contributed by atoms with Crippen LogP contribution in [0.15, 0.2) is 24.3 Å². The molecule has 0 saturated carbocycles. The van der Waals surface area contributed by atoms with Crippen molar-refractivity contribution in [2.24, 2.45) is 5.92 Å². The minimum absolute atomic E-state index is 0.0645. The summed E-state index contributed by atoms with van der Waals surface area (Å²) in [7, 11) is 4.01. The van der Waals surface area contributed by atoms with Crippen LogP contribution in [-0.2, 0) is 0 Å². The number of benzene rings is 1. The van der Waals surface area contributed by atoms with Crippen LogP contribution in [0, 0.1) is 5.92 Å². The molecule has 5 nitrogen and oxygen atoms in total. The average Bonchev–Trinajstić information content (AvgIpc) is 2.36. The quantitative estimate of drug-likeness (QED) is 0.785. The third-order valence-corrected chi connectivity index (χ3v) is 2.85. The van der Waals surface area contributed by atoms with Crippen molar-refractivity contribution in [3.05, 3.63) is 24.3 Å². The molecule has 1 rings (SSSR count). The van der Waals surface area contributed by atoms with Crippen LogP contribution in [0.3, 0.4) is 0 Å². The van der Waals surface area contributed by atoms with E-state index in [1.165, 1.54) is 0 Å². The molecule has 0 fully saturated rings. The van der Waals surface area contributed by atoms with E-state index in [0.717, 1.165) is 18.8 Å². The molecule has 0 aliphatic rings. The Bertz CT molecular complexity index is 414. The number of amides is 2. The van der Waals surface area contributed by atoms with Crippen LogP contribution in [0.1, 0.15) is 13.8 Å². The van der Waals surface area contributed by atoms with Gasteiger partial charge in [-0.1, -0.05) is 13.8 Å². The Morgan fingerprint density at radius 2 is 1.80 bits per heavy atom. The second-order valence-electron chi connectivity index (χ2n) is 5.70. The SMILES string of the molecule is CC(C)CN(CCN(C)C)C(=O)Nc1ccc(N)cc1. The first-order valence-corrected chi connectivity index (χ1v) is 6.94. The summed E-state index contributed by atoms with van der Waals surface area (Å²) in [4.78, 5) is 16.2. The number of hydrogen-bond acceptors (Lipinski definition) is 3. The fraction of sp³-hybridized carbons (Fsp3) is 0.533. The average molecular weight is 278 g/mol. The number of hydrogen-bond donors (Lipinski definition) is 2. The van der Waals surface area contributed by atoms with Gasteiger partial charge >= 0.3 is 6.03 Å². The molecule has 0 heterocycles. The van der Waals surface area contributed by atoms with Crippen molar-refractivity contribution < 1.29 is 4.79 Å². The molecule has 1 aromatic rings. The van der Waals surface area contributed by atoms with Crippen molar-refractivity contribution in [3.63, 3.8) is 0 Å². The number of anilines is 2. The lowest BCUT2D eigenvalue weighted by Gasteiger charge is -2.26. The molecule has 0 unspecified atom stereocenters. The summed E-state index contributed by atoms with van der Waals surface area (Å²) >= 11 is 0. The molecule has 0 spiro atoms. The molecule has 0 aliphatic heterocycles. The standard InChI is InChI=1S/C15H26N4O/c1-12(2)11-19(10-9-18(3)4)15(20)17-14-7-5-13(16)6-8-14/h5-8,12H,9-11,16H2,1-4H3,(H,17,20). The molecular weight excluding hydrogens is 252 g/mol. The lowest BCUT2D eigenvalue weighted by molar-refractivity contribution is 0.197. The molecular formula is C15H26N4O. The molecule has 112 valence electrons. The van der Waals surface area contributed by atoms with Crippen molar-refractivity contribution in [2.75, 3.05) is 44.8 Å². The van der Waals surface area contributed by atoms with Gasteiger partial charge in [-0.2, -0.15) is 0 Å². The molecule has 0 saturated heterocycles. The van der Waals surface area contributed by atoms with Gasteiger partial charge in [0.15, 0.2) is 0 Å². The first-order chi connectivity index (χ1) is 9.38. The Balaban J connectivity index is 2.64. The van der Waals surface area contributed by atoms with E-state index in [1.54, 1.807) is 12.1 Å². The van der Waals surface area contributed by atoms with Gasteiger partial charge in [-0.15, -0.1) is 0 Å². The number of urea groups is 1. The van der Waals surface area contributed by atoms with Crippen LogP contribution in [0.4, 0.5) is 16.2 Å². The Hall–Kier alpha value is -1.75. The van der Waals surface area contributed by atoms with Gasteiger partial charge in [0, 0.05) is 31.0 Å². The van der Waals surface area contributed by atoms with E-state index in [-0.39, 0.29) is 6.03 Å². The van der Waals surface area contributed by atoms with Crippen LogP contribution >= 0.6 is 0 Å². The number of rotatable bonds is 6.